The molecule has 0 saturated carbocycles. The second kappa shape index (κ2) is 8.63. The molecule has 0 unspecified atom stereocenters. The van der Waals surface area contributed by atoms with Crippen LogP contribution in [-0.2, 0) is 11.3 Å². The molecule has 1 saturated heterocycles. The monoisotopic (exact) mass is 404 g/mol. The van der Waals surface area contributed by atoms with E-state index in [2.05, 4.69) is 41.5 Å². The van der Waals surface area contributed by atoms with Crippen LogP contribution in [0.2, 0.25) is 0 Å². The number of aromatic nitrogens is 1. The van der Waals surface area contributed by atoms with Crippen LogP contribution in [0.5, 0.6) is 0 Å². The Morgan fingerprint density at radius 1 is 1.07 bits per heavy atom. The van der Waals surface area contributed by atoms with Gasteiger partial charge in [0.15, 0.2) is 0 Å². The molecule has 1 aromatic heterocycles. The van der Waals surface area contributed by atoms with Crippen LogP contribution in [0, 0.1) is 6.92 Å². The summed E-state index contributed by atoms with van der Waals surface area (Å²) in [6, 6.07) is 18.6. The summed E-state index contributed by atoms with van der Waals surface area (Å²) >= 11 is 0. The Bertz CT molecular complexity index is 1030. The highest BCUT2D eigenvalue weighted by Gasteiger charge is 2.26. The summed E-state index contributed by atoms with van der Waals surface area (Å²) in [4.78, 5) is 19.2. The standard InChI is InChI=1S/C24H28N4O2/c1-4-30-16-18-6-5-17(2)22(15-18)26-23-12-11-21(25-23)19-7-9-20(10-8-19)28-14-13-27(3)24(28)29/h5-12,15,25-26H,4,13-14,16H2,1-3H3. The minimum absolute atomic E-state index is 0.0519. The molecular formula is C24H28N4O2. The van der Waals surface area contributed by atoms with Crippen LogP contribution in [0.4, 0.5) is 22.0 Å². The van der Waals surface area contributed by atoms with Crippen LogP contribution in [-0.4, -0.2) is 42.7 Å². The fourth-order valence-electron chi connectivity index (χ4n) is 3.60. The highest BCUT2D eigenvalue weighted by atomic mass is 16.5. The molecule has 2 amide bonds. The van der Waals surface area contributed by atoms with Crippen molar-refractivity contribution in [3.05, 3.63) is 65.7 Å². The average molecular weight is 405 g/mol. The van der Waals surface area contributed by atoms with Crippen LogP contribution in [0.15, 0.2) is 54.6 Å². The lowest BCUT2D eigenvalue weighted by molar-refractivity contribution is 0.134. The largest absolute Gasteiger partial charge is 0.377 e. The van der Waals surface area contributed by atoms with Gasteiger partial charge in [0.25, 0.3) is 0 Å². The van der Waals surface area contributed by atoms with E-state index in [-0.39, 0.29) is 6.03 Å². The predicted molar refractivity (Wildman–Crippen MR) is 121 cm³/mol. The van der Waals surface area contributed by atoms with Gasteiger partial charge in [-0.15, -0.1) is 0 Å². The number of amides is 2. The highest BCUT2D eigenvalue weighted by molar-refractivity contribution is 5.94. The van der Waals surface area contributed by atoms with Gasteiger partial charge < -0.3 is 19.9 Å². The van der Waals surface area contributed by atoms with E-state index in [1.165, 1.54) is 5.56 Å². The molecule has 2 aromatic carbocycles. The number of aromatic amines is 1. The SMILES string of the molecule is CCOCc1ccc(C)c(Nc2ccc(-c3ccc(N4CCN(C)C4=O)cc3)[nH]2)c1. The van der Waals surface area contributed by atoms with Gasteiger partial charge in [0, 0.05) is 43.8 Å². The van der Waals surface area contributed by atoms with Crippen molar-refractivity contribution in [3.8, 4) is 11.3 Å². The quantitative estimate of drug-likeness (QED) is 0.573. The molecule has 0 aliphatic carbocycles. The first-order chi connectivity index (χ1) is 14.5. The zero-order valence-electron chi connectivity index (χ0n) is 17.7. The Hall–Kier alpha value is -3.25. The van der Waals surface area contributed by atoms with E-state index < -0.39 is 0 Å². The van der Waals surface area contributed by atoms with E-state index in [1.54, 1.807) is 4.90 Å². The molecule has 0 spiro atoms. The smallest absolute Gasteiger partial charge is 0.324 e. The van der Waals surface area contributed by atoms with Crippen LogP contribution in [0.25, 0.3) is 11.3 Å². The number of ether oxygens (including phenoxy) is 1. The first kappa shape index (κ1) is 20.0. The molecule has 1 aliphatic rings. The molecule has 2 N–H and O–H groups in total. The van der Waals surface area contributed by atoms with Gasteiger partial charge in [-0.25, -0.2) is 4.79 Å². The van der Waals surface area contributed by atoms with Gasteiger partial charge >= 0.3 is 6.03 Å². The van der Waals surface area contributed by atoms with Gasteiger partial charge in [-0.3, -0.25) is 4.90 Å². The summed E-state index contributed by atoms with van der Waals surface area (Å²) in [5.74, 6) is 0.932. The Balaban J connectivity index is 1.47. The molecular weight excluding hydrogens is 376 g/mol. The maximum atomic E-state index is 12.2. The Morgan fingerprint density at radius 2 is 1.87 bits per heavy atom. The lowest BCUT2D eigenvalue weighted by Gasteiger charge is -2.16. The van der Waals surface area contributed by atoms with E-state index in [9.17, 15) is 4.79 Å². The number of aryl methyl sites for hydroxylation is 1. The number of carbonyl (C=O) groups is 1. The molecule has 6 nitrogen and oxygen atoms in total. The van der Waals surface area contributed by atoms with Crippen LogP contribution in [0.3, 0.4) is 0 Å². The molecule has 3 aromatic rings. The van der Waals surface area contributed by atoms with E-state index in [0.29, 0.717) is 13.2 Å². The van der Waals surface area contributed by atoms with Gasteiger partial charge in [0.05, 0.1) is 6.61 Å². The second-order valence-corrected chi connectivity index (χ2v) is 7.60. The first-order valence-electron chi connectivity index (χ1n) is 10.3. The number of H-pyrrole nitrogens is 1. The number of anilines is 3. The number of hydrogen-bond donors (Lipinski definition) is 2. The minimum Gasteiger partial charge on any atom is -0.377 e. The molecule has 4 rings (SSSR count). The van der Waals surface area contributed by atoms with Gasteiger partial charge in [0.2, 0.25) is 0 Å². The van der Waals surface area contributed by atoms with Gasteiger partial charge in [-0.1, -0.05) is 24.3 Å². The number of hydrogen-bond acceptors (Lipinski definition) is 3. The Kier molecular flexibility index (Phi) is 5.77. The van der Waals surface area contributed by atoms with Crippen LogP contribution >= 0.6 is 0 Å². The summed E-state index contributed by atoms with van der Waals surface area (Å²) in [5, 5.41) is 3.48. The molecule has 156 valence electrons. The Morgan fingerprint density at radius 3 is 2.57 bits per heavy atom. The molecule has 6 heteroatoms. The maximum Gasteiger partial charge on any atom is 0.324 e. The topological polar surface area (TPSA) is 60.6 Å². The summed E-state index contributed by atoms with van der Waals surface area (Å²) in [6.45, 7) is 6.90. The molecule has 0 radical (unpaired) electrons. The van der Waals surface area contributed by atoms with Gasteiger partial charge in [-0.2, -0.15) is 0 Å². The van der Waals surface area contributed by atoms with E-state index in [4.69, 9.17) is 4.74 Å². The second-order valence-electron chi connectivity index (χ2n) is 7.60. The van der Waals surface area contributed by atoms with E-state index in [1.807, 2.05) is 49.2 Å². The van der Waals surface area contributed by atoms with Crippen molar-refractivity contribution in [2.75, 3.05) is 37.0 Å². The van der Waals surface area contributed by atoms with Crippen molar-refractivity contribution in [2.45, 2.75) is 20.5 Å². The minimum atomic E-state index is 0.0519. The van der Waals surface area contributed by atoms with Crippen LogP contribution < -0.4 is 10.2 Å². The third-order valence-electron chi connectivity index (χ3n) is 5.44. The lowest BCUT2D eigenvalue weighted by atomic mass is 10.1. The molecule has 1 aliphatic heterocycles. The van der Waals surface area contributed by atoms with Gasteiger partial charge in [0.1, 0.15) is 5.82 Å². The van der Waals surface area contributed by atoms with Crippen molar-refractivity contribution in [1.82, 2.24) is 9.88 Å². The fraction of sp³-hybridized carbons (Fsp3) is 0.292. The van der Waals surface area contributed by atoms with Crippen molar-refractivity contribution in [2.24, 2.45) is 0 Å². The number of likely N-dealkylation sites (N-methyl/N-ethyl adjacent to an activating group) is 1. The maximum absolute atomic E-state index is 12.2. The summed E-state index contributed by atoms with van der Waals surface area (Å²) in [6.07, 6.45) is 0. The van der Waals surface area contributed by atoms with Crippen molar-refractivity contribution < 1.29 is 9.53 Å². The van der Waals surface area contributed by atoms with Crippen molar-refractivity contribution >= 4 is 23.2 Å². The number of rotatable bonds is 7. The number of nitrogens with one attached hydrogen (secondary N) is 2. The van der Waals surface area contributed by atoms with E-state index >= 15 is 0 Å². The highest BCUT2D eigenvalue weighted by Crippen LogP contribution is 2.28. The van der Waals surface area contributed by atoms with Gasteiger partial charge in [-0.05, 0) is 60.9 Å². The number of nitrogens with zero attached hydrogens (tertiary/aromatic N) is 2. The zero-order chi connectivity index (χ0) is 21.1. The summed E-state index contributed by atoms with van der Waals surface area (Å²) < 4.78 is 5.52. The molecule has 30 heavy (non-hydrogen) atoms. The van der Waals surface area contributed by atoms with Crippen LogP contribution in [0.1, 0.15) is 18.1 Å². The predicted octanol–water partition coefficient (Wildman–Crippen LogP) is 5.14. The summed E-state index contributed by atoms with van der Waals surface area (Å²) in [5.41, 5.74) is 6.42. The van der Waals surface area contributed by atoms with Crippen molar-refractivity contribution in [3.63, 3.8) is 0 Å². The molecule has 1 fully saturated rings. The molecule has 2 heterocycles. The third-order valence-corrected chi connectivity index (χ3v) is 5.44. The number of benzene rings is 2. The third kappa shape index (κ3) is 4.19. The normalized spacial score (nSPS) is 13.9. The zero-order valence-corrected chi connectivity index (χ0v) is 17.7. The summed E-state index contributed by atoms with van der Waals surface area (Å²) in [7, 11) is 1.83. The fourth-order valence-corrected chi connectivity index (χ4v) is 3.60. The number of urea groups is 1. The number of carbonyl (C=O) groups excluding carboxylic acids is 1. The first-order valence-corrected chi connectivity index (χ1v) is 10.3. The molecule has 0 atom stereocenters. The van der Waals surface area contributed by atoms with Crippen molar-refractivity contribution in [1.29, 1.82) is 0 Å². The lowest BCUT2D eigenvalue weighted by Crippen LogP contribution is -2.29. The Labute approximate surface area is 177 Å². The van der Waals surface area contributed by atoms with E-state index in [0.717, 1.165) is 47.1 Å². The molecule has 0 bridgehead atoms. The average Bonchev–Trinajstić information content (AvgIpc) is 3.36.